The van der Waals surface area contributed by atoms with E-state index in [1.165, 1.54) is 21.6 Å². The van der Waals surface area contributed by atoms with Gasteiger partial charge < -0.3 is 5.73 Å². The lowest BCUT2D eigenvalue weighted by Crippen LogP contribution is -2.23. The molecule has 0 saturated carbocycles. The minimum atomic E-state index is 0.259. The number of thiophene rings is 1. The van der Waals surface area contributed by atoms with Crippen LogP contribution in [0.1, 0.15) is 28.0 Å². The van der Waals surface area contributed by atoms with Crippen molar-refractivity contribution in [2.24, 2.45) is 5.73 Å². The minimum absolute atomic E-state index is 0.259. The zero-order chi connectivity index (χ0) is 13.0. The molecule has 1 nitrogen and oxygen atoms in total. The molecule has 0 saturated heterocycles. The second-order valence-electron chi connectivity index (χ2n) is 5.00. The fourth-order valence-electron chi connectivity index (χ4n) is 2.12. The first-order chi connectivity index (χ1) is 8.65. The first-order valence-electron chi connectivity index (χ1n) is 6.49. The topological polar surface area (TPSA) is 26.0 Å². The Bertz CT molecular complexity index is 488. The molecule has 18 heavy (non-hydrogen) atoms. The van der Waals surface area contributed by atoms with Gasteiger partial charge in [-0.05, 0) is 61.2 Å². The highest BCUT2D eigenvalue weighted by Gasteiger charge is 2.06. The van der Waals surface area contributed by atoms with Gasteiger partial charge in [-0.25, -0.2) is 0 Å². The second-order valence-corrected chi connectivity index (χ2v) is 6.03. The highest BCUT2D eigenvalue weighted by Crippen LogP contribution is 2.15. The van der Waals surface area contributed by atoms with Crippen molar-refractivity contribution < 1.29 is 0 Å². The maximum Gasteiger partial charge on any atom is 0.00827 e. The maximum atomic E-state index is 6.22. The van der Waals surface area contributed by atoms with E-state index in [-0.39, 0.29) is 6.04 Å². The van der Waals surface area contributed by atoms with Crippen molar-refractivity contribution >= 4 is 11.3 Å². The van der Waals surface area contributed by atoms with Crippen LogP contribution >= 0.6 is 11.3 Å². The van der Waals surface area contributed by atoms with E-state index in [4.69, 9.17) is 5.73 Å². The normalized spacial score (nSPS) is 12.6. The van der Waals surface area contributed by atoms with Crippen LogP contribution in [-0.4, -0.2) is 6.04 Å². The van der Waals surface area contributed by atoms with Gasteiger partial charge in [0.25, 0.3) is 0 Å². The van der Waals surface area contributed by atoms with E-state index in [1.807, 2.05) is 11.3 Å². The number of hydrogen-bond donors (Lipinski definition) is 1. The van der Waals surface area contributed by atoms with Gasteiger partial charge in [0, 0.05) is 10.9 Å². The molecule has 0 aliphatic carbocycles. The Labute approximate surface area is 114 Å². The number of aryl methyl sites for hydroxylation is 3. The molecule has 0 aliphatic heterocycles. The third kappa shape index (κ3) is 3.69. The number of nitrogens with two attached hydrogens (primary N) is 1. The SMILES string of the molecule is Cc1ccc(CC(N)CCc2cccs2)cc1C. The molecule has 96 valence electrons. The van der Waals surface area contributed by atoms with Crippen molar-refractivity contribution in [2.75, 3.05) is 0 Å². The first kappa shape index (κ1) is 13.3. The van der Waals surface area contributed by atoms with Crippen LogP contribution in [0.4, 0.5) is 0 Å². The van der Waals surface area contributed by atoms with Gasteiger partial charge in [0.05, 0.1) is 0 Å². The molecular formula is C16H21NS. The average molecular weight is 259 g/mol. The summed E-state index contributed by atoms with van der Waals surface area (Å²) in [5.74, 6) is 0. The Morgan fingerprint density at radius 2 is 2.00 bits per heavy atom. The Morgan fingerprint density at radius 1 is 1.17 bits per heavy atom. The summed E-state index contributed by atoms with van der Waals surface area (Å²) in [6.07, 6.45) is 3.14. The molecule has 2 N–H and O–H groups in total. The highest BCUT2D eigenvalue weighted by molar-refractivity contribution is 7.09. The molecule has 1 aromatic heterocycles. The molecular weight excluding hydrogens is 238 g/mol. The van der Waals surface area contributed by atoms with Crippen molar-refractivity contribution in [1.29, 1.82) is 0 Å². The fourth-order valence-corrected chi connectivity index (χ4v) is 2.84. The van der Waals surface area contributed by atoms with Gasteiger partial charge in [-0.15, -0.1) is 11.3 Å². The van der Waals surface area contributed by atoms with Crippen LogP contribution in [0, 0.1) is 13.8 Å². The van der Waals surface area contributed by atoms with E-state index in [9.17, 15) is 0 Å². The molecule has 1 aromatic carbocycles. The fraction of sp³-hybridized carbons (Fsp3) is 0.375. The lowest BCUT2D eigenvalue weighted by molar-refractivity contribution is 0.613. The summed E-state index contributed by atoms with van der Waals surface area (Å²) in [6.45, 7) is 4.31. The van der Waals surface area contributed by atoms with Gasteiger partial charge in [-0.2, -0.15) is 0 Å². The summed E-state index contributed by atoms with van der Waals surface area (Å²) in [4.78, 5) is 1.44. The molecule has 0 aliphatic rings. The Morgan fingerprint density at radius 3 is 2.67 bits per heavy atom. The molecule has 1 atom stereocenters. The highest BCUT2D eigenvalue weighted by atomic mass is 32.1. The molecule has 2 rings (SSSR count). The largest absolute Gasteiger partial charge is 0.327 e. The summed E-state index contributed by atoms with van der Waals surface area (Å²) < 4.78 is 0. The standard InChI is InChI=1S/C16H21NS/c1-12-5-6-14(10-13(12)2)11-15(17)7-8-16-4-3-9-18-16/h3-6,9-10,15H,7-8,11,17H2,1-2H3. The molecule has 0 bridgehead atoms. The molecule has 1 heterocycles. The predicted molar refractivity (Wildman–Crippen MR) is 80.2 cm³/mol. The summed E-state index contributed by atoms with van der Waals surface area (Å²) in [5.41, 5.74) is 10.3. The molecule has 2 aromatic rings. The van der Waals surface area contributed by atoms with Crippen LogP contribution in [0.2, 0.25) is 0 Å². The van der Waals surface area contributed by atoms with Gasteiger partial charge in [-0.1, -0.05) is 24.3 Å². The molecule has 0 amide bonds. The van der Waals surface area contributed by atoms with E-state index < -0.39 is 0 Å². The lowest BCUT2D eigenvalue weighted by atomic mass is 9.99. The Hall–Kier alpha value is -1.12. The van der Waals surface area contributed by atoms with Crippen LogP contribution in [0.5, 0.6) is 0 Å². The smallest absolute Gasteiger partial charge is 0.00827 e. The maximum absolute atomic E-state index is 6.22. The monoisotopic (exact) mass is 259 g/mol. The quantitative estimate of drug-likeness (QED) is 0.866. The molecule has 0 spiro atoms. The zero-order valence-electron chi connectivity index (χ0n) is 11.1. The van der Waals surface area contributed by atoms with Crippen molar-refractivity contribution in [3.8, 4) is 0 Å². The van der Waals surface area contributed by atoms with Crippen LogP contribution < -0.4 is 5.73 Å². The summed E-state index contributed by atoms with van der Waals surface area (Å²) in [5, 5.41) is 2.13. The Balaban J connectivity index is 1.86. The van der Waals surface area contributed by atoms with Crippen LogP contribution in [0.15, 0.2) is 35.7 Å². The predicted octanol–water partition coefficient (Wildman–Crippen LogP) is 3.87. The van der Waals surface area contributed by atoms with E-state index in [1.54, 1.807) is 0 Å². The van der Waals surface area contributed by atoms with Crippen LogP contribution in [0.25, 0.3) is 0 Å². The van der Waals surface area contributed by atoms with Gasteiger partial charge >= 0.3 is 0 Å². The van der Waals surface area contributed by atoms with Gasteiger partial charge in [0.1, 0.15) is 0 Å². The zero-order valence-corrected chi connectivity index (χ0v) is 12.0. The van der Waals surface area contributed by atoms with E-state index in [2.05, 4.69) is 49.6 Å². The van der Waals surface area contributed by atoms with Crippen molar-refractivity contribution in [2.45, 2.75) is 39.2 Å². The minimum Gasteiger partial charge on any atom is -0.327 e. The molecule has 0 fully saturated rings. The molecule has 0 radical (unpaired) electrons. The lowest BCUT2D eigenvalue weighted by Gasteiger charge is -2.12. The second kappa shape index (κ2) is 6.17. The number of benzene rings is 1. The summed E-state index contributed by atoms with van der Waals surface area (Å²) in [7, 11) is 0. The van der Waals surface area contributed by atoms with Crippen LogP contribution in [0.3, 0.4) is 0 Å². The number of hydrogen-bond acceptors (Lipinski definition) is 2. The van der Waals surface area contributed by atoms with Crippen molar-refractivity contribution in [3.05, 3.63) is 57.3 Å². The Kier molecular flexibility index (Phi) is 4.56. The van der Waals surface area contributed by atoms with E-state index in [0.29, 0.717) is 0 Å². The van der Waals surface area contributed by atoms with Crippen molar-refractivity contribution in [1.82, 2.24) is 0 Å². The first-order valence-corrected chi connectivity index (χ1v) is 7.37. The third-order valence-corrected chi connectivity index (χ3v) is 4.35. The van der Waals surface area contributed by atoms with Gasteiger partial charge in [0.15, 0.2) is 0 Å². The van der Waals surface area contributed by atoms with Crippen molar-refractivity contribution in [3.63, 3.8) is 0 Å². The average Bonchev–Trinajstić information content (AvgIpc) is 2.84. The summed E-state index contributed by atoms with van der Waals surface area (Å²) in [6, 6.07) is 11.2. The van der Waals surface area contributed by atoms with Gasteiger partial charge in [-0.3, -0.25) is 0 Å². The molecule has 1 unspecified atom stereocenters. The third-order valence-electron chi connectivity index (χ3n) is 3.41. The van der Waals surface area contributed by atoms with E-state index >= 15 is 0 Å². The summed E-state index contributed by atoms with van der Waals surface area (Å²) >= 11 is 1.82. The van der Waals surface area contributed by atoms with E-state index in [0.717, 1.165) is 19.3 Å². The number of rotatable bonds is 5. The molecule has 2 heteroatoms. The van der Waals surface area contributed by atoms with Crippen LogP contribution in [-0.2, 0) is 12.8 Å². The van der Waals surface area contributed by atoms with Gasteiger partial charge in [0.2, 0.25) is 0 Å².